The van der Waals surface area contributed by atoms with E-state index in [9.17, 15) is 4.79 Å². The van der Waals surface area contributed by atoms with Crippen LogP contribution in [0.1, 0.15) is 51.9 Å². The third kappa shape index (κ3) is 5.27. The van der Waals surface area contributed by atoms with E-state index in [4.69, 9.17) is 19.3 Å². The maximum Gasteiger partial charge on any atom is 0.355 e. The zero-order chi connectivity index (χ0) is 30.9. The number of benzene rings is 4. The summed E-state index contributed by atoms with van der Waals surface area (Å²) in [5, 5.41) is 8.15. The normalized spacial score (nSPS) is 12.9. The number of rotatable bonds is 7. The number of esters is 1. The molecule has 45 heavy (non-hydrogen) atoms. The van der Waals surface area contributed by atoms with E-state index in [1.807, 2.05) is 55.1 Å². The predicted molar refractivity (Wildman–Crippen MR) is 177 cm³/mol. The van der Waals surface area contributed by atoms with Crippen molar-refractivity contribution >= 4 is 27.6 Å². The topological polar surface area (TPSA) is 67.5 Å². The van der Waals surface area contributed by atoms with Crippen LogP contribution >= 0.6 is 0 Å². The Morgan fingerprint density at radius 1 is 0.911 bits per heavy atom. The van der Waals surface area contributed by atoms with Gasteiger partial charge in [0.15, 0.2) is 0 Å². The molecule has 4 aromatic carbocycles. The second-order valence-corrected chi connectivity index (χ2v) is 11.6. The maximum atomic E-state index is 13.9. The van der Waals surface area contributed by atoms with Crippen molar-refractivity contribution in [2.24, 2.45) is 7.05 Å². The largest absolute Gasteiger partial charge is 0.493 e. The van der Waals surface area contributed by atoms with Gasteiger partial charge in [0, 0.05) is 41.2 Å². The maximum absolute atomic E-state index is 13.9. The van der Waals surface area contributed by atoms with Crippen LogP contribution in [0.5, 0.6) is 5.75 Å². The summed E-state index contributed by atoms with van der Waals surface area (Å²) in [6.45, 7) is 6.13. The van der Waals surface area contributed by atoms with Gasteiger partial charge in [-0.15, -0.1) is 0 Å². The second kappa shape index (κ2) is 12.3. The lowest BCUT2D eigenvalue weighted by molar-refractivity contribution is 0.0513. The van der Waals surface area contributed by atoms with Crippen molar-refractivity contribution in [3.63, 3.8) is 0 Å². The molecule has 1 aliphatic heterocycles. The van der Waals surface area contributed by atoms with Crippen molar-refractivity contribution in [3.05, 3.63) is 119 Å². The molecule has 0 bridgehead atoms. The molecule has 0 saturated carbocycles. The van der Waals surface area contributed by atoms with Gasteiger partial charge < -0.3 is 18.8 Å². The minimum atomic E-state index is -0.309. The summed E-state index contributed by atoms with van der Waals surface area (Å²) in [6.07, 6.45) is 1.40. The quantitative estimate of drug-likeness (QED) is 0.139. The van der Waals surface area contributed by atoms with Crippen molar-refractivity contribution in [1.29, 1.82) is 0 Å². The zero-order valence-corrected chi connectivity index (χ0v) is 26.0. The molecule has 0 unspecified atom stereocenters. The average Bonchev–Trinajstić information content (AvgIpc) is 3.51. The van der Waals surface area contributed by atoms with Crippen LogP contribution in [-0.4, -0.2) is 33.5 Å². The van der Waals surface area contributed by atoms with Gasteiger partial charge in [0.25, 0.3) is 0 Å². The van der Waals surface area contributed by atoms with Crippen LogP contribution in [-0.2, 0) is 42.7 Å². The van der Waals surface area contributed by atoms with Crippen LogP contribution in [0.3, 0.4) is 0 Å². The first-order valence-electron chi connectivity index (χ1n) is 15.6. The molecule has 0 atom stereocenters. The van der Waals surface area contributed by atoms with E-state index in [0.717, 1.165) is 73.1 Å². The van der Waals surface area contributed by atoms with Gasteiger partial charge in [-0.1, -0.05) is 78.9 Å². The van der Waals surface area contributed by atoms with Gasteiger partial charge in [0.2, 0.25) is 0 Å². The monoisotopic (exact) mass is 599 g/mol. The van der Waals surface area contributed by atoms with E-state index < -0.39 is 0 Å². The van der Waals surface area contributed by atoms with Crippen LogP contribution in [0, 0.1) is 6.92 Å². The highest BCUT2D eigenvalue weighted by atomic mass is 16.5. The highest BCUT2D eigenvalue weighted by molar-refractivity contribution is 6.05. The number of para-hydroxylation sites is 1. The SMILES string of the molecule is CCOC(=O)c1c(CCCOc2cccc3ccccc23)c2cccc3c2n1Cc1ccccc1COCc1nn(C)c(C)c1-3. The minimum Gasteiger partial charge on any atom is -0.493 e. The number of nitrogens with zero attached hydrogens (tertiary/aromatic N) is 3. The number of ether oxygens (including phenoxy) is 3. The van der Waals surface area contributed by atoms with Gasteiger partial charge in [-0.3, -0.25) is 4.68 Å². The number of hydrogen-bond donors (Lipinski definition) is 0. The Morgan fingerprint density at radius 3 is 2.53 bits per heavy atom. The van der Waals surface area contributed by atoms with E-state index >= 15 is 0 Å². The minimum absolute atomic E-state index is 0.299. The fourth-order valence-electron chi connectivity index (χ4n) is 6.69. The second-order valence-electron chi connectivity index (χ2n) is 11.6. The summed E-state index contributed by atoms with van der Waals surface area (Å²) in [7, 11) is 1.97. The lowest BCUT2D eigenvalue weighted by Gasteiger charge is -2.15. The lowest BCUT2D eigenvalue weighted by atomic mass is 9.98. The zero-order valence-electron chi connectivity index (χ0n) is 26.0. The first-order chi connectivity index (χ1) is 22.0. The summed E-state index contributed by atoms with van der Waals surface area (Å²) in [4.78, 5) is 13.9. The van der Waals surface area contributed by atoms with E-state index in [1.165, 1.54) is 0 Å². The number of carbonyl (C=O) groups excluding carboxylic acids is 1. The number of carbonyl (C=O) groups is 1. The van der Waals surface area contributed by atoms with Gasteiger partial charge in [-0.25, -0.2) is 4.79 Å². The average molecular weight is 600 g/mol. The molecule has 0 amide bonds. The van der Waals surface area contributed by atoms with Crippen molar-refractivity contribution in [2.45, 2.75) is 46.4 Å². The first-order valence-corrected chi connectivity index (χ1v) is 15.6. The number of fused-ring (bicyclic) bond motifs is 4. The van der Waals surface area contributed by atoms with Gasteiger partial charge in [0.05, 0.1) is 37.6 Å². The molecule has 3 heterocycles. The number of aromatic nitrogens is 3. The smallest absolute Gasteiger partial charge is 0.355 e. The summed E-state index contributed by atoms with van der Waals surface area (Å²) < 4.78 is 22.4. The molecule has 7 rings (SSSR count). The molecule has 0 spiro atoms. The molecule has 0 N–H and O–H groups in total. The number of aryl methyl sites for hydroxylation is 2. The van der Waals surface area contributed by atoms with Crippen LogP contribution < -0.4 is 4.74 Å². The van der Waals surface area contributed by atoms with Crippen LogP contribution in [0.15, 0.2) is 84.9 Å². The fraction of sp³-hybridized carbons (Fsp3) is 0.263. The molecule has 0 radical (unpaired) electrons. The van der Waals surface area contributed by atoms with Gasteiger partial charge >= 0.3 is 5.97 Å². The Hall–Kier alpha value is -4.88. The molecule has 7 heteroatoms. The summed E-state index contributed by atoms with van der Waals surface area (Å²) in [6, 6.07) is 29.0. The van der Waals surface area contributed by atoms with Crippen molar-refractivity contribution < 1.29 is 19.0 Å². The first kappa shape index (κ1) is 28.9. The molecular formula is C38H37N3O4. The van der Waals surface area contributed by atoms with Gasteiger partial charge in [0.1, 0.15) is 11.4 Å². The Morgan fingerprint density at radius 2 is 1.67 bits per heavy atom. The van der Waals surface area contributed by atoms with Gasteiger partial charge in [-0.05, 0) is 54.8 Å². The van der Waals surface area contributed by atoms with E-state index in [-0.39, 0.29) is 5.97 Å². The molecule has 7 nitrogen and oxygen atoms in total. The van der Waals surface area contributed by atoms with Crippen LogP contribution in [0.2, 0.25) is 0 Å². The molecule has 2 aromatic heterocycles. The molecule has 0 fully saturated rings. The Bertz CT molecular complexity index is 2030. The van der Waals surface area contributed by atoms with Crippen molar-refractivity contribution in [2.75, 3.05) is 13.2 Å². The van der Waals surface area contributed by atoms with E-state index in [2.05, 4.69) is 60.0 Å². The predicted octanol–water partition coefficient (Wildman–Crippen LogP) is 7.77. The third-order valence-electron chi connectivity index (χ3n) is 8.85. The highest BCUT2D eigenvalue weighted by Crippen LogP contribution is 2.39. The Kier molecular flexibility index (Phi) is 7.86. The third-order valence-corrected chi connectivity index (χ3v) is 8.85. The van der Waals surface area contributed by atoms with E-state index in [0.29, 0.717) is 45.1 Å². The molecule has 0 aliphatic carbocycles. The molecule has 6 aromatic rings. The summed E-state index contributed by atoms with van der Waals surface area (Å²) in [5.41, 5.74) is 8.83. The summed E-state index contributed by atoms with van der Waals surface area (Å²) >= 11 is 0. The lowest BCUT2D eigenvalue weighted by Crippen LogP contribution is -2.16. The molecule has 0 saturated heterocycles. The molecule has 228 valence electrons. The Labute approximate surface area is 263 Å². The standard InChI is InChI=1S/C38H37N3O4/c1-4-44-38(42)37-31(19-11-21-45-34-20-9-15-26-12-7-8-16-29(26)34)30-17-10-18-32-35-25(2)40(3)39-33(35)24-43-23-28-14-6-5-13-27(28)22-41(37)36(30)32/h5-10,12-18,20H,4,11,19,21-24H2,1-3H3. The van der Waals surface area contributed by atoms with Crippen molar-refractivity contribution in [1.82, 2.24) is 14.3 Å². The van der Waals surface area contributed by atoms with Crippen molar-refractivity contribution in [3.8, 4) is 16.9 Å². The summed E-state index contributed by atoms with van der Waals surface area (Å²) in [5.74, 6) is 0.563. The molecule has 1 aliphatic rings. The van der Waals surface area contributed by atoms with Crippen LogP contribution in [0.4, 0.5) is 0 Å². The Balaban J connectivity index is 1.36. The fourth-order valence-corrected chi connectivity index (χ4v) is 6.69. The number of hydrogen-bond acceptors (Lipinski definition) is 5. The highest BCUT2D eigenvalue weighted by Gasteiger charge is 2.28. The van der Waals surface area contributed by atoms with E-state index in [1.54, 1.807) is 0 Å². The van der Waals surface area contributed by atoms with Gasteiger partial charge in [-0.2, -0.15) is 5.10 Å². The molecular weight excluding hydrogens is 562 g/mol. The van der Waals surface area contributed by atoms with Crippen LogP contribution in [0.25, 0.3) is 32.8 Å².